The van der Waals surface area contributed by atoms with Crippen LogP contribution in [0, 0.1) is 13.8 Å². The van der Waals surface area contributed by atoms with E-state index in [0.717, 1.165) is 11.5 Å². The molecule has 0 aliphatic heterocycles. The van der Waals surface area contributed by atoms with E-state index in [1.54, 1.807) is 25.3 Å². The molecule has 0 spiro atoms. The number of furan rings is 1. The van der Waals surface area contributed by atoms with Crippen molar-refractivity contribution in [2.45, 2.75) is 20.4 Å². The Bertz CT molecular complexity index is 794. The van der Waals surface area contributed by atoms with E-state index in [1.807, 2.05) is 17.6 Å². The van der Waals surface area contributed by atoms with Gasteiger partial charge < -0.3 is 23.8 Å². The number of nitrogens with zero attached hydrogens (tertiary/aromatic N) is 1. The number of carbonyl (C=O) groups excluding carboxylic acids is 3. The minimum absolute atomic E-state index is 0.261. The second-order valence-electron chi connectivity index (χ2n) is 5.82. The van der Waals surface area contributed by atoms with Crippen molar-refractivity contribution in [3.63, 3.8) is 0 Å². The molecule has 0 saturated carbocycles. The van der Waals surface area contributed by atoms with Crippen LogP contribution in [0.25, 0.3) is 0 Å². The van der Waals surface area contributed by atoms with Gasteiger partial charge in [-0.25, -0.2) is 9.59 Å². The first-order valence-electron chi connectivity index (χ1n) is 8.35. The van der Waals surface area contributed by atoms with Gasteiger partial charge in [0.15, 0.2) is 6.61 Å². The van der Waals surface area contributed by atoms with E-state index in [1.165, 1.54) is 7.11 Å². The largest absolute Gasteiger partial charge is 0.467 e. The minimum Gasteiger partial charge on any atom is -0.467 e. The molecular weight excluding hydrogens is 354 g/mol. The van der Waals surface area contributed by atoms with Crippen molar-refractivity contribution in [1.29, 1.82) is 0 Å². The van der Waals surface area contributed by atoms with E-state index >= 15 is 0 Å². The molecule has 0 aromatic carbocycles. The monoisotopic (exact) mass is 377 g/mol. The Morgan fingerprint density at radius 2 is 2.04 bits per heavy atom. The average Bonchev–Trinajstić information content (AvgIpc) is 3.23. The van der Waals surface area contributed by atoms with E-state index in [2.05, 4.69) is 10.6 Å². The van der Waals surface area contributed by atoms with Gasteiger partial charge in [0.25, 0.3) is 5.91 Å². The summed E-state index contributed by atoms with van der Waals surface area (Å²) in [6, 6.07) is 4.65. The molecule has 0 aliphatic rings. The molecule has 9 heteroatoms. The Kier molecular flexibility index (Phi) is 7.18. The van der Waals surface area contributed by atoms with E-state index < -0.39 is 24.5 Å². The molecule has 0 saturated heterocycles. The number of hydrogen-bond donors (Lipinski definition) is 2. The number of aryl methyl sites for hydroxylation is 1. The lowest BCUT2D eigenvalue weighted by atomic mass is 10.2. The van der Waals surface area contributed by atoms with Crippen LogP contribution in [0.2, 0.25) is 0 Å². The van der Waals surface area contributed by atoms with Gasteiger partial charge in [0.2, 0.25) is 0 Å². The number of imide groups is 1. The second kappa shape index (κ2) is 9.58. The van der Waals surface area contributed by atoms with Gasteiger partial charge in [0.05, 0.1) is 25.0 Å². The number of amides is 3. The highest BCUT2D eigenvalue weighted by Crippen LogP contribution is 2.18. The number of methoxy groups -OCH3 is 1. The highest BCUT2D eigenvalue weighted by molar-refractivity contribution is 5.97. The maximum Gasteiger partial charge on any atom is 0.340 e. The molecule has 0 unspecified atom stereocenters. The maximum atomic E-state index is 12.3. The molecule has 2 N–H and O–H groups in total. The fourth-order valence-electron chi connectivity index (χ4n) is 2.49. The third-order valence-electron chi connectivity index (χ3n) is 3.87. The third kappa shape index (κ3) is 5.71. The van der Waals surface area contributed by atoms with Crippen molar-refractivity contribution in [2.75, 3.05) is 26.9 Å². The molecule has 0 atom stereocenters. The van der Waals surface area contributed by atoms with Crippen molar-refractivity contribution in [1.82, 2.24) is 15.2 Å². The highest BCUT2D eigenvalue weighted by Gasteiger charge is 2.19. The summed E-state index contributed by atoms with van der Waals surface area (Å²) in [5.41, 5.74) is 1.92. The van der Waals surface area contributed by atoms with Crippen LogP contribution in [-0.2, 0) is 20.8 Å². The third-order valence-corrected chi connectivity index (χ3v) is 3.87. The number of hydrogen-bond acceptors (Lipinski definition) is 6. The van der Waals surface area contributed by atoms with Crippen molar-refractivity contribution in [2.24, 2.45) is 0 Å². The van der Waals surface area contributed by atoms with E-state index in [-0.39, 0.29) is 6.54 Å². The van der Waals surface area contributed by atoms with Crippen molar-refractivity contribution >= 4 is 17.9 Å². The maximum absolute atomic E-state index is 12.3. The summed E-state index contributed by atoms with van der Waals surface area (Å²) in [4.78, 5) is 35.4. The van der Waals surface area contributed by atoms with Crippen LogP contribution in [0.5, 0.6) is 0 Å². The van der Waals surface area contributed by atoms with Gasteiger partial charge in [-0.15, -0.1) is 0 Å². The number of esters is 1. The smallest absolute Gasteiger partial charge is 0.340 e. The van der Waals surface area contributed by atoms with Gasteiger partial charge in [-0.1, -0.05) is 0 Å². The molecule has 0 aliphatic carbocycles. The Labute approximate surface area is 156 Å². The van der Waals surface area contributed by atoms with Crippen LogP contribution < -0.4 is 10.6 Å². The predicted molar refractivity (Wildman–Crippen MR) is 95.4 cm³/mol. The van der Waals surface area contributed by atoms with Crippen molar-refractivity contribution in [3.05, 3.63) is 47.2 Å². The van der Waals surface area contributed by atoms with E-state index in [0.29, 0.717) is 24.4 Å². The molecule has 27 heavy (non-hydrogen) atoms. The lowest BCUT2D eigenvalue weighted by Gasteiger charge is -2.09. The molecule has 0 fully saturated rings. The van der Waals surface area contributed by atoms with Gasteiger partial charge >= 0.3 is 12.0 Å². The Morgan fingerprint density at radius 1 is 1.26 bits per heavy atom. The lowest BCUT2D eigenvalue weighted by molar-refractivity contribution is -0.123. The molecule has 3 amide bonds. The van der Waals surface area contributed by atoms with Crippen LogP contribution in [0.15, 0.2) is 28.9 Å². The highest BCUT2D eigenvalue weighted by atomic mass is 16.5. The fraction of sp³-hybridized carbons (Fsp3) is 0.389. The zero-order valence-electron chi connectivity index (χ0n) is 15.5. The van der Waals surface area contributed by atoms with Crippen molar-refractivity contribution < 1.29 is 28.3 Å². The normalized spacial score (nSPS) is 10.5. The standard InChI is InChI=1S/C18H23N3O6/c1-12-9-15(13(2)21(12)10-14-5-4-7-26-14)17(23)27-11-16(22)20-18(24)19-6-8-25-3/h4-5,7,9H,6,8,10-11H2,1-3H3,(H2,19,20,22,24). The number of carbonyl (C=O) groups is 3. The first-order chi connectivity index (χ1) is 12.9. The summed E-state index contributed by atoms with van der Waals surface area (Å²) < 4.78 is 17.0. The molecule has 2 aromatic heterocycles. The first kappa shape index (κ1) is 20.2. The summed E-state index contributed by atoms with van der Waals surface area (Å²) in [5.74, 6) is -0.595. The molecule has 2 heterocycles. The molecule has 0 radical (unpaired) electrons. The summed E-state index contributed by atoms with van der Waals surface area (Å²) in [5, 5.41) is 4.49. The molecule has 2 rings (SSSR count). The number of nitrogens with one attached hydrogen (secondary N) is 2. The van der Waals surface area contributed by atoms with Gasteiger partial charge in [-0.2, -0.15) is 0 Å². The second-order valence-corrected chi connectivity index (χ2v) is 5.82. The first-order valence-corrected chi connectivity index (χ1v) is 8.35. The number of ether oxygens (including phenoxy) is 2. The predicted octanol–water partition coefficient (Wildman–Crippen LogP) is 1.38. The minimum atomic E-state index is -0.720. The van der Waals surface area contributed by atoms with Crippen LogP contribution in [-0.4, -0.2) is 49.3 Å². The lowest BCUT2D eigenvalue weighted by Crippen LogP contribution is -2.42. The quantitative estimate of drug-likeness (QED) is 0.531. The van der Waals surface area contributed by atoms with Gasteiger partial charge in [-0.3, -0.25) is 10.1 Å². The van der Waals surface area contributed by atoms with Crippen molar-refractivity contribution in [3.8, 4) is 0 Å². The van der Waals surface area contributed by atoms with Gasteiger partial charge in [0.1, 0.15) is 5.76 Å². The zero-order chi connectivity index (χ0) is 19.8. The van der Waals surface area contributed by atoms with E-state index in [9.17, 15) is 14.4 Å². The molecule has 146 valence electrons. The van der Waals surface area contributed by atoms with Gasteiger partial charge in [0, 0.05) is 25.0 Å². The molecule has 0 bridgehead atoms. The summed E-state index contributed by atoms with van der Waals surface area (Å²) >= 11 is 0. The number of aromatic nitrogens is 1. The molecule has 9 nitrogen and oxygen atoms in total. The summed E-state index contributed by atoms with van der Waals surface area (Å²) in [6.45, 7) is 4.17. The Balaban J connectivity index is 1.89. The topological polar surface area (TPSA) is 112 Å². The summed E-state index contributed by atoms with van der Waals surface area (Å²) in [7, 11) is 1.50. The fourth-order valence-corrected chi connectivity index (χ4v) is 2.49. The number of urea groups is 1. The van der Waals surface area contributed by atoms with Crippen LogP contribution in [0.1, 0.15) is 27.5 Å². The van der Waals surface area contributed by atoms with E-state index in [4.69, 9.17) is 13.9 Å². The SMILES string of the molecule is COCCNC(=O)NC(=O)COC(=O)c1cc(C)n(Cc2ccco2)c1C. The molecular formula is C18H23N3O6. The van der Waals surface area contributed by atoms with Crippen LogP contribution in [0.3, 0.4) is 0 Å². The van der Waals surface area contributed by atoms with Crippen LogP contribution >= 0.6 is 0 Å². The average molecular weight is 377 g/mol. The summed E-state index contributed by atoms with van der Waals surface area (Å²) in [6.07, 6.45) is 1.59. The number of rotatable bonds is 8. The Hall–Kier alpha value is -3.07. The van der Waals surface area contributed by atoms with Crippen LogP contribution in [0.4, 0.5) is 4.79 Å². The molecule has 2 aromatic rings. The Morgan fingerprint density at radius 3 is 2.70 bits per heavy atom. The van der Waals surface area contributed by atoms with Gasteiger partial charge in [-0.05, 0) is 32.0 Å². The zero-order valence-corrected chi connectivity index (χ0v) is 15.5.